The number of nitrogens with zero attached hydrogens (tertiary/aromatic N) is 2. The first-order chi connectivity index (χ1) is 13.7. The molecule has 3 aromatic rings. The number of urea groups is 1. The summed E-state index contributed by atoms with van der Waals surface area (Å²) in [5.74, 6) is 0.333. The third-order valence-corrected chi connectivity index (χ3v) is 4.77. The van der Waals surface area contributed by atoms with Gasteiger partial charge in [0.05, 0.1) is 18.2 Å². The second-order valence-electron chi connectivity index (χ2n) is 6.54. The smallest absolute Gasteiger partial charge is 0.324 e. The molecule has 0 saturated carbocycles. The number of carbonyl (C=O) groups is 2. The molecule has 2 heterocycles. The molecule has 1 aromatic heterocycles. The van der Waals surface area contributed by atoms with Crippen molar-refractivity contribution in [2.75, 3.05) is 13.2 Å². The summed E-state index contributed by atoms with van der Waals surface area (Å²) in [4.78, 5) is 29.2. The highest BCUT2D eigenvalue weighted by Gasteiger charge is 2.37. The molecule has 0 radical (unpaired) electrons. The van der Waals surface area contributed by atoms with Crippen molar-refractivity contribution in [1.29, 1.82) is 5.26 Å². The standard InChI is InChI=1S/C21H18N4O3/c22-12-14-5-7-16(8-6-14)28-10-9-25-20(26)19(24-21(25)27)11-15-13-23-18-4-2-1-3-17(15)18/h1-8,13,19,23H,9-11H2,(H,24,27)/t19-/m0/s1. The zero-order valence-corrected chi connectivity index (χ0v) is 15.0. The van der Waals surface area contributed by atoms with Gasteiger partial charge in [-0.25, -0.2) is 4.79 Å². The summed E-state index contributed by atoms with van der Waals surface area (Å²) in [5.41, 5.74) is 2.54. The maximum absolute atomic E-state index is 12.6. The normalized spacial score (nSPS) is 16.2. The topological polar surface area (TPSA) is 98.2 Å². The Balaban J connectivity index is 1.36. The Hall–Kier alpha value is -3.79. The Labute approximate surface area is 161 Å². The quantitative estimate of drug-likeness (QED) is 0.648. The molecule has 7 nitrogen and oxygen atoms in total. The molecule has 2 N–H and O–H groups in total. The van der Waals surface area contributed by atoms with E-state index in [4.69, 9.17) is 10.00 Å². The summed E-state index contributed by atoms with van der Waals surface area (Å²) in [5, 5.41) is 12.6. The van der Waals surface area contributed by atoms with Crippen LogP contribution in [0.1, 0.15) is 11.1 Å². The molecule has 0 unspecified atom stereocenters. The fourth-order valence-corrected chi connectivity index (χ4v) is 3.33. The molecule has 1 saturated heterocycles. The summed E-state index contributed by atoms with van der Waals surface area (Å²) >= 11 is 0. The van der Waals surface area contributed by atoms with Gasteiger partial charge in [-0.1, -0.05) is 18.2 Å². The van der Waals surface area contributed by atoms with E-state index in [9.17, 15) is 9.59 Å². The van der Waals surface area contributed by atoms with E-state index in [1.807, 2.05) is 36.5 Å². The molecule has 3 amide bonds. The number of nitrogens with one attached hydrogen (secondary N) is 2. The molecule has 0 bridgehead atoms. The molecule has 4 rings (SSSR count). The highest BCUT2D eigenvalue weighted by atomic mass is 16.5. The second kappa shape index (κ2) is 7.45. The molecule has 28 heavy (non-hydrogen) atoms. The van der Waals surface area contributed by atoms with Crippen LogP contribution in [-0.4, -0.2) is 41.0 Å². The van der Waals surface area contributed by atoms with Gasteiger partial charge in [-0.15, -0.1) is 0 Å². The van der Waals surface area contributed by atoms with Crippen molar-refractivity contribution in [3.63, 3.8) is 0 Å². The molecular weight excluding hydrogens is 356 g/mol. The summed E-state index contributed by atoms with van der Waals surface area (Å²) in [7, 11) is 0. The maximum Gasteiger partial charge on any atom is 0.324 e. The van der Waals surface area contributed by atoms with Crippen molar-refractivity contribution < 1.29 is 14.3 Å². The number of aromatic nitrogens is 1. The SMILES string of the molecule is N#Cc1ccc(OCCN2C(=O)N[C@@H](Cc3c[nH]c4ccccc34)C2=O)cc1. The number of aromatic amines is 1. The largest absolute Gasteiger partial charge is 0.492 e. The fraction of sp³-hybridized carbons (Fsp3) is 0.190. The lowest BCUT2D eigenvalue weighted by Gasteiger charge is -2.13. The molecule has 7 heteroatoms. The van der Waals surface area contributed by atoms with E-state index >= 15 is 0 Å². The first-order valence-electron chi connectivity index (χ1n) is 8.95. The average molecular weight is 374 g/mol. The van der Waals surface area contributed by atoms with Crippen LogP contribution in [0.3, 0.4) is 0 Å². The van der Waals surface area contributed by atoms with Crippen molar-refractivity contribution in [3.05, 3.63) is 65.9 Å². The Kier molecular flexibility index (Phi) is 4.68. The van der Waals surface area contributed by atoms with Crippen molar-refractivity contribution in [2.24, 2.45) is 0 Å². The van der Waals surface area contributed by atoms with Gasteiger partial charge in [0, 0.05) is 23.5 Å². The van der Waals surface area contributed by atoms with Gasteiger partial charge in [0.2, 0.25) is 0 Å². The maximum atomic E-state index is 12.6. The number of H-pyrrole nitrogens is 1. The number of nitriles is 1. The van der Waals surface area contributed by atoms with Crippen LogP contribution in [0.15, 0.2) is 54.7 Å². The third kappa shape index (κ3) is 3.40. The summed E-state index contributed by atoms with van der Waals surface area (Å²) in [6.45, 7) is 0.347. The van der Waals surface area contributed by atoms with Crippen molar-refractivity contribution in [2.45, 2.75) is 12.5 Å². The minimum absolute atomic E-state index is 0.162. The number of fused-ring (bicyclic) bond motifs is 1. The molecular formula is C21H18N4O3. The van der Waals surface area contributed by atoms with Crippen molar-refractivity contribution >= 4 is 22.8 Å². The molecule has 1 fully saturated rings. The number of hydrogen-bond donors (Lipinski definition) is 2. The number of hydrogen-bond acceptors (Lipinski definition) is 4. The number of benzene rings is 2. The lowest BCUT2D eigenvalue weighted by Crippen LogP contribution is -2.35. The van der Waals surface area contributed by atoms with E-state index in [2.05, 4.69) is 10.3 Å². The van der Waals surface area contributed by atoms with E-state index < -0.39 is 12.1 Å². The molecule has 2 aromatic carbocycles. The van der Waals surface area contributed by atoms with Crippen LogP contribution in [0.2, 0.25) is 0 Å². The number of para-hydroxylation sites is 1. The van der Waals surface area contributed by atoms with Crippen LogP contribution in [0.4, 0.5) is 4.79 Å². The van der Waals surface area contributed by atoms with Crippen LogP contribution < -0.4 is 10.1 Å². The number of imide groups is 1. The van der Waals surface area contributed by atoms with E-state index in [0.29, 0.717) is 17.7 Å². The third-order valence-electron chi connectivity index (χ3n) is 4.77. The van der Waals surface area contributed by atoms with Crippen molar-refractivity contribution in [3.8, 4) is 11.8 Å². The van der Waals surface area contributed by atoms with Crippen LogP contribution in [-0.2, 0) is 11.2 Å². The van der Waals surface area contributed by atoms with Gasteiger partial charge < -0.3 is 15.0 Å². The zero-order valence-electron chi connectivity index (χ0n) is 15.0. The summed E-state index contributed by atoms with van der Waals surface area (Å²) < 4.78 is 5.57. The lowest BCUT2D eigenvalue weighted by atomic mass is 10.1. The predicted molar refractivity (Wildman–Crippen MR) is 103 cm³/mol. The van der Waals surface area contributed by atoms with E-state index in [-0.39, 0.29) is 19.1 Å². The average Bonchev–Trinajstić information content (AvgIpc) is 3.24. The van der Waals surface area contributed by atoms with Crippen molar-refractivity contribution in [1.82, 2.24) is 15.2 Å². The Morgan fingerprint density at radius 3 is 2.68 bits per heavy atom. The Morgan fingerprint density at radius 2 is 1.89 bits per heavy atom. The summed E-state index contributed by atoms with van der Waals surface area (Å²) in [6, 6.07) is 15.6. The summed E-state index contributed by atoms with van der Waals surface area (Å²) in [6.07, 6.45) is 2.31. The van der Waals surface area contributed by atoms with Gasteiger partial charge in [-0.05, 0) is 35.9 Å². The Morgan fingerprint density at radius 1 is 1.11 bits per heavy atom. The van der Waals surface area contributed by atoms with E-state index in [0.717, 1.165) is 16.5 Å². The van der Waals surface area contributed by atoms with Gasteiger partial charge in [0.15, 0.2) is 0 Å². The first-order valence-corrected chi connectivity index (χ1v) is 8.95. The van der Waals surface area contributed by atoms with Gasteiger partial charge in [0.25, 0.3) is 5.91 Å². The fourth-order valence-electron chi connectivity index (χ4n) is 3.33. The highest BCUT2D eigenvalue weighted by Crippen LogP contribution is 2.21. The Bertz CT molecular complexity index is 1070. The molecule has 1 atom stereocenters. The van der Waals surface area contributed by atoms with Gasteiger partial charge in [-0.3, -0.25) is 9.69 Å². The van der Waals surface area contributed by atoms with Crippen LogP contribution in [0, 0.1) is 11.3 Å². The van der Waals surface area contributed by atoms with Gasteiger partial charge in [0.1, 0.15) is 18.4 Å². The molecule has 0 aliphatic carbocycles. The van der Waals surface area contributed by atoms with E-state index in [1.54, 1.807) is 24.3 Å². The second-order valence-corrected chi connectivity index (χ2v) is 6.54. The van der Waals surface area contributed by atoms with Crippen LogP contribution >= 0.6 is 0 Å². The number of ether oxygens (including phenoxy) is 1. The number of carbonyl (C=O) groups excluding carboxylic acids is 2. The van der Waals surface area contributed by atoms with Gasteiger partial charge in [-0.2, -0.15) is 5.26 Å². The molecule has 1 aliphatic rings. The van der Waals surface area contributed by atoms with Gasteiger partial charge >= 0.3 is 6.03 Å². The zero-order chi connectivity index (χ0) is 19.5. The predicted octanol–water partition coefficient (Wildman–Crippen LogP) is 2.58. The van der Waals surface area contributed by atoms with Crippen LogP contribution in [0.5, 0.6) is 5.75 Å². The molecule has 1 aliphatic heterocycles. The monoisotopic (exact) mass is 374 g/mol. The highest BCUT2D eigenvalue weighted by molar-refractivity contribution is 6.04. The minimum Gasteiger partial charge on any atom is -0.492 e. The molecule has 140 valence electrons. The number of rotatable bonds is 6. The number of amides is 3. The first kappa shape index (κ1) is 17.6. The lowest BCUT2D eigenvalue weighted by molar-refractivity contribution is -0.127. The molecule has 0 spiro atoms. The minimum atomic E-state index is -0.582. The van der Waals surface area contributed by atoms with E-state index in [1.165, 1.54) is 4.90 Å². The van der Waals surface area contributed by atoms with Crippen LogP contribution in [0.25, 0.3) is 10.9 Å².